The molecule has 0 radical (unpaired) electrons. The number of benzene rings is 2. The van der Waals surface area contributed by atoms with Crippen molar-refractivity contribution in [1.82, 2.24) is 19.3 Å². The number of aromatic nitrogens is 4. The minimum absolute atomic E-state index is 0.156. The van der Waals surface area contributed by atoms with Crippen molar-refractivity contribution in [1.29, 1.82) is 0 Å². The third kappa shape index (κ3) is 5.29. The molecule has 2 aromatic carbocycles. The summed E-state index contributed by atoms with van der Waals surface area (Å²) in [4.78, 5) is 29.2. The second kappa shape index (κ2) is 8.98. The molecule has 2 N–H and O–H groups in total. The fraction of sp³-hybridized carbons (Fsp3) is 0.130. The van der Waals surface area contributed by atoms with Crippen LogP contribution in [0.1, 0.15) is 16.7 Å². The molecule has 0 bridgehead atoms. The van der Waals surface area contributed by atoms with Gasteiger partial charge in [-0.2, -0.15) is 36.1 Å². The summed E-state index contributed by atoms with van der Waals surface area (Å²) >= 11 is 0. The first-order valence-electron chi connectivity index (χ1n) is 10.1. The maximum atomic E-state index is 13.3. The summed E-state index contributed by atoms with van der Waals surface area (Å²) in [5, 5.41) is 4.38. The number of amides is 1. The number of halogens is 6. The van der Waals surface area contributed by atoms with Crippen LogP contribution in [0.25, 0.3) is 28.4 Å². The zero-order valence-electron chi connectivity index (χ0n) is 18.0. The highest BCUT2D eigenvalue weighted by atomic mass is 19.4. The number of nitrogens with two attached hydrogens (primary N) is 1. The summed E-state index contributed by atoms with van der Waals surface area (Å²) in [6, 6.07) is 10.2. The number of fused-ring (bicyclic) bond motifs is 1. The lowest BCUT2D eigenvalue weighted by Gasteiger charge is -2.13. The number of alkyl halides is 6. The summed E-state index contributed by atoms with van der Waals surface area (Å²) in [5.74, 6) is -0.932. The van der Waals surface area contributed by atoms with Crippen molar-refractivity contribution in [3.8, 4) is 5.69 Å². The van der Waals surface area contributed by atoms with Gasteiger partial charge < -0.3 is 5.73 Å². The van der Waals surface area contributed by atoms with Crippen LogP contribution in [0.4, 0.5) is 26.3 Å². The molecule has 13 heteroatoms. The lowest BCUT2D eigenvalue weighted by atomic mass is 10.1. The number of rotatable bonds is 5. The van der Waals surface area contributed by atoms with Crippen molar-refractivity contribution in [2.24, 2.45) is 5.73 Å². The first kappa shape index (κ1) is 24.7. The van der Waals surface area contributed by atoms with Gasteiger partial charge in [-0.15, -0.1) is 0 Å². The van der Waals surface area contributed by atoms with E-state index in [1.807, 2.05) is 0 Å². The van der Waals surface area contributed by atoms with Crippen LogP contribution in [0.5, 0.6) is 0 Å². The lowest BCUT2D eigenvalue weighted by Crippen LogP contribution is -2.23. The SMILES string of the molecule is NC(=O)/C(=C/n1cnn(-c2cc(CC(F)(F)F)cc(C(F)(F)F)c2)c1=O)c1cnc2ccccc2c1. The Morgan fingerprint density at radius 3 is 2.42 bits per heavy atom. The molecule has 2 heterocycles. The molecular weight excluding hydrogens is 492 g/mol. The van der Waals surface area contributed by atoms with Crippen molar-refractivity contribution in [2.75, 3.05) is 0 Å². The van der Waals surface area contributed by atoms with Crippen molar-refractivity contribution in [3.63, 3.8) is 0 Å². The van der Waals surface area contributed by atoms with E-state index in [1.54, 1.807) is 30.3 Å². The minimum Gasteiger partial charge on any atom is -0.366 e. The van der Waals surface area contributed by atoms with Gasteiger partial charge in [0.25, 0.3) is 5.91 Å². The van der Waals surface area contributed by atoms with Gasteiger partial charge in [0.1, 0.15) is 6.33 Å². The molecule has 2 aromatic heterocycles. The van der Waals surface area contributed by atoms with Crippen LogP contribution in [-0.2, 0) is 17.4 Å². The second-order valence-corrected chi connectivity index (χ2v) is 7.73. The molecule has 0 fully saturated rings. The average molecular weight is 507 g/mol. The molecule has 0 aliphatic rings. The number of carbonyl (C=O) groups excluding carboxylic acids is 1. The predicted octanol–water partition coefficient (Wildman–Crippen LogP) is 4.19. The van der Waals surface area contributed by atoms with E-state index in [0.29, 0.717) is 27.7 Å². The monoisotopic (exact) mass is 507 g/mol. The summed E-state index contributed by atoms with van der Waals surface area (Å²) < 4.78 is 79.7. The normalized spacial score (nSPS) is 12.8. The molecule has 0 aliphatic heterocycles. The first-order valence-corrected chi connectivity index (χ1v) is 10.1. The Labute approximate surface area is 198 Å². The second-order valence-electron chi connectivity index (χ2n) is 7.73. The van der Waals surface area contributed by atoms with Crippen LogP contribution < -0.4 is 11.4 Å². The van der Waals surface area contributed by atoms with Gasteiger partial charge in [-0.05, 0) is 35.9 Å². The Kier molecular flexibility index (Phi) is 6.16. The molecular formula is C23H15F6N5O2. The third-order valence-corrected chi connectivity index (χ3v) is 5.08. The number of primary amides is 1. The Morgan fingerprint density at radius 2 is 1.75 bits per heavy atom. The highest BCUT2D eigenvalue weighted by Crippen LogP contribution is 2.33. The standard InChI is InChI=1S/C23H15F6N5O2/c24-22(25,26)9-13-5-16(23(27,28)29)8-17(6-13)34-21(36)33(12-32-34)11-18(20(30)35)15-7-14-3-1-2-4-19(14)31-10-15/h1-8,10-12H,9H2,(H2,30,35)/b18-11+. The molecule has 4 aromatic rings. The van der Waals surface area contributed by atoms with Crippen molar-refractivity contribution in [3.05, 3.63) is 88.2 Å². The smallest absolute Gasteiger partial charge is 0.366 e. The summed E-state index contributed by atoms with van der Waals surface area (Å²) in [6.45, 7) is 0. The Hall–Kier alpha value is -4.42. The molecule has 36 heavy (non-hydrogen) atoms. The molecule has 186 valence electrons. The van der Waals surface area contributed by atoms with Gasteiger partial charge in [-0.3, -0.25) is 14.3 Å². The van der Waals surface area contributed by atoms with E-state index in [-0.39, 0.29) is 11.1 Å². The largest absolute Gasteiger partial charge is 0.416 e. The van der Waals surface area contributed by atoms with E-state index in [2.05, 4.69) is 10.1 Å². The summed E-state index contributed by atoms with van der Waals surface area (Å²) in [6.07, 6.45) is -8.12. The highest BCUT2D eigenvalue weighted by Gasteiger charge is 2.34. The topological polar surface area (TPSA) is 95.8 Å². The molecule has 4 rings (SSSR count). The van der Waals surface area contributed by atoms with Crippen LogP contribution >= 0.6 is 0 Å². The number of carbonyl (C=O) groups is 1. The molecule has 0 saturated heterocycles. The van der Waals surface area contributed by atoms with Gasteiger partial charge in [0, 0.05) is 23.3 Å². The zero-order chi connectivity index (χ0) is 26.3. The molecule has 1 amide bonds. The number of nitrogens with zero attached hydrogens (tertiary/aromatic N) is 4. The van der Waals surface area contributed by atoms with Crippen molar-refractivity contribution >= 4 is 28.6 Å². The van der Waals surface area contributed by atoms with Crippen LogP contribution in [0, 0.1) is 0 Å². The lowest BCUT2D eigenvalue weighted by molar-refractivity contribution is -0.138. The molecule has 0 atom stereocenters. The molecule has 0 aliphatic carbocycles. The maximum Gasteiger partial charge on any atom is 0.416 e. The van der Waals surface area contributed by atoms with Crippen LogP contribution in [-0.4, -0.2) is 31.4 Å². The number of para-hydroxylation sites is 1. The van der Waals surface area contributed by atoms with E-state index in [4.69, 9.17) is 5.73 Å². The van der Waals surface area contributed by atoms with Gasteiger partial charge >= 0.3 is 18.0 Å². The van der Waals surface area contributed by atoms with Crippen LogP contribution in [0.15, 0.2) is 65.8 Å². The Morgan fingerprint density at radius 1 is 1.03 bits per heavy atom. The zero-order valence-corrected chi connectivity index (χ0v) is 18.0. The fourth-order valence-corrected chi connectivity index (χ4v) is 3.51. The Balaban J connectivity index is 1.80. The van der Waals surface area contributed by atoms with Crippen LogP contribution in [0.2, 0.25) is 0 Å². The quantitative estimate of drug-likeness (QED) is 0.324. The van der Waals surface area contributed by atoms with Crippen molar-refractivity contribution < 1.29 is 31.1 Å². The van der Waals surface area contributed by atoms with Crippen molar-refractivity contribution in [2.45, 2.75) is 18.8 Å². The van der Waals surface area contributed by atoms with E-state index in [9.17, 15) is 35.9 Å². The third-order valence-electron chi connectivity index (χ3n) is 5.08. The fourth-order valence-electron chi connectivity index (χ4n) is 3.51. The van der Waals surface area contributed by atoms with E-state index in [0.717, 1.165) is 23.2 Å². The maximum absolute atomic E-state index is 13.3. The van der Waals surface area contributed by atoms with Gasteiger partial charge in [-0.25, -0.2) is 4.79 Å². The minimum atomic E-state index is -4.97. The van der Waals surface area contributed by atoms with E-state index < -0.39 is 47.2 Å². The van der Waals surface area contributed by atoms with Gasteiger partial charge in [0.05, 0.1) is 28.8 Å². The Bertz CT molecular complexity index is 1550. The number of hydrogen-bond acceptors (Lipinski definition) is 4. The van der Waals surface area contributed by atoms with Gasteiger partial charge in [0.2, 0.25) is 0 Å². The molecule has 0 saturated carbocycles. The van der Waals surface area contributed by atoms with Gasteiger partial charge in [-0.1, -0.05) is 18.2 Å². The highest BCUT2D eigenvalue weighted by molar-refractivity contribution is 6.22. The average Bonchev–Trinajstić information content (AvgIpc) is 3.15. The first-order chi connectivity index (χ1) is 16.8. The summed E-state index contributed by atoms with van der Waals surface area (Å²) in [7, 11) is 0. The summed E-state index contributed by atoms with van der Waals surface area (Å²) in [5.41, 5.74) is 2.54. The number of hydrogen-bond donors (Lipinski definition) is 1. The molecule has 7 nitrogen and oxygen atoms in total. The van der Waals surface area contributed by atoms with E-state index in [1.165, 1.54) is 6.20 Å². The van der Waals surface area contributed by atoms with E-state index >= 15 is 0 Å². The molecule has 0 spiro atoms. The number of pyridine rings is 1. The molecule has 0 unspecified atom stereocenters. The van der Waals surface area contributed by atoms with Crippen LogP contribution in [0.3, 0.4) is 0 Å². The predicted molar refractivity (Wildman–Crippen MR) is 118 cm³/mol. The van der Waals surface area contributed by atoms with Gasteiger partial charge in [0.15, 0.2) is 0 Å².